The van der Waals surface area contributed by atoms with Crippen LogP contribution in [0.15, 0.2) is 60.9 Å². The van der Waals surface area contributed by atoms with Crippen molar-refractivity contribution in [3.63, 3.8) is 0 Å². The van der Waals surface area contributed by atoms with E-state index in [9.17, 15) is 0 Å². The number of rotatable bonds is 9. The number of methoxy groups -OCH3 is 1. The first kappa shape index (κ1) is 23.4. The van der Waals surface area contributed by atoms with Gasteiger partial charge in [-0.3, -0.25) is 0 Å². The van der Waals surface area contributed by atoms with E-state index in [4.69, 9.17) is 4.74 Å². The molecule has 3 aromatic rings. The van der Waals surface area contributed by atoms with Crippen molar-refractivity contribution in [2.45, 2.75) is 32.7 Å². The number of ether oxygens (including phenoxy) is 1. The van der Waals surface area contributed by atoms with Gasteiger partial charge in [-0.25, -0.2) is 9.97 Å². The van der Waals surface area contributed by atoms with Crippen molar-refractivity contribution in [3.8, 4) is 17.1 Å². The van der Waals surface area contributed by atoms with E-state index in [-0.39, 0.29) is 0 Å². The van der Waals surface area contributed by atoms with Gasteiger partial charge in [0.1, 0.15) is 5.75 Å². The molecule has 1 aliphatic heterocycles. The van der Waals surface area contributed by atoms with E-state index in [2.05, 4.69) is 82.3 Å². The summed E-state index contributed by atoms with van der Waals surface area (Å²) in [5.41, 5.74) is 4.86. The predicted molar refractivity (Wildman–Crippen MR) is 134 cm³/mol. The van der Waals surface area contributed by atoms with Crippen molar-refractivity contribution in [3.05, 3.63) is 77.6 Å². The topological polar surface area (TPSA) is 41.5 Å². The summed E-state index contributed by atoms with van der Waals surface area (Å²) in [6, 6.07) is 16.8. The molecule has 5 heteroatoms. The summed E-state index contributed by atoms with van der Waals surface area (Å²) < 4.78 is 5.25. The Bertz CT molecular complexity index is 995. The lowest BCUT2D eigenvalue weighted by Gasteiger charge is -2.34. The van der Waals surface area contributed by atoms with Gasteiger partial charge in [0.15, 0.2) is 5.82 Å². The lowest BCUT2D eigenvalue weighted by Crippen LogP contribution is -2.38. The number of aryl methyl sites for hydroxylation is 1. The van der Waals surface area contributed by atoms with E-state index < -0.39 is 0 Å². The van der Waals surface area contributed by atoms with Crippen LogP contribution in [0.25, 0.3) is 11.4 Å². The zero-order valence-corrected chi connectivity index (χ0v) is 20.2. The van der Waals surface area contributed by atoms with E-state index in [1.165, 1.54) is 42.6 Å². The number of benzene rings is 2. The van der Waals surface area contributed by atoms with E-state index in [1.54, 1.807) is 7.11 Å². The van der Waals surface area contributed by atoms with Crippen molar-refractivity contribution in [1.29, 1.82) is 0 Å². The van der Waals surface area contributed by atoms with Crippen LogP contribution in [-0.4, -0.2) is 60.1 Å². The van der Waals surface area contributed by atoms with Crippen LogP contribution in [0.1, 0.15) is 29.5 Å². The monoisotopic (exact) mass is 444 g/mol. The minimum Gasteiger partial charge on any atom is -0.497 e. The molecule has 0 amide bonds. The van der Waals surface area contributed by atoms with Gasteiger partial charge in [0, 0.05) is 43.2 Å². The lowest BCUT2D eigenvalue weighted by atomic mass is 9.96. The molecule has 0 N–H and O–H groups in total. The van der Waals surface area contributed by atoms with Gasteiger partial charge >= 0.3 is 0 Å². The molecule has 0 spiro atoms. The molecule has 1 aliphatic rings. The second-order valence-corrected chi connectivity index (χ2v) is 9.36. The molecular formula is C28H36N4O. The fourth-order valence-corrected chi connectivity index (χ4v) is 4.66. The van der Waals surface area contributed by atoms with E-state index in [0.29, 0.717) is 0 Å². The maximum absolute atomic E-state index is 5.25. The minimum atomic E-state index is 0.764. The summed E-state index contributed by atoms with van der Waals surface area (Å²) in [5, 5.41) is 0. The van der Waals surface area contributed by atoms with Gasteiger partial charge < -0.3 is 14.5 Å². The molecule has 2 aromatic carbocycles. The highest BCUT2D eigenvalue weighted by atomic mass is 16.5. The number of hydrogen-bond acceptors (Lipinski definition) is 5. The van der Waals surface area contributed by atoms with Crippen LogP contribution >= 0.6 is 0 Å². The average molecular weight is 445 g/mol. The third kappa shape index (κ3) is 6.86. The van der Waals surface area contributed by atoms with Crippen LogP contribution in [-0.2, 0) is 13.0 Å². The first-order valence-electron chi connectivity index (χ1n) is 12.0. The van der Waals surface area contributed by atoms with Gasteiger partial charge in [0.25, 0.3) is 0 Å². The lowest BCUT2D eigenvalue weighted by molar-refractivity contribution is 0.153. The highest BCUT2D eigenvalue weighted by Gasteiger charge is 2.20. The second kappa shape index (κ2) is 11.4. The van der Waals surface area contributed by atoms with Gasteiger partial charge in [0.05, 0.1) is 7.11 Å². The van der Waals surface area contributed by atoms with Gasteiger partial charge in [-0.05, 0) is 76.0 Å². The Morgan fingerprint density at radius 3 is 2.39 bits per heavy atom. The Morgan fingerprint density at radius 1 is 1.00 bits per heavy atom. The average Bonchev–Trinajstić information content (AvgIpc) is 2.84. The molecule has 0 unspecified atom stereocenters. The highest BCUT2D eigenvalue weighted by Crippen LogP contribution is 2.20. The molecule has 2 heterocycles. The molecule has 1 aromatic heterocycles. The summed E-state index contributed by atoms with van der Waals surface area (Å²) in [7, 11) is 3.93. The van der Waals surface area contributed by atoms with Gasteiger partial charge in [-0.2, -0.15) is 0 Å². The van der Waals surface area contributed by atoms with Crippen LogP contribution in [0, 0.1) is 12.8 Å². The zero-order chi connectivity index (χ0) is 23.0. The Balaban J connectivity index is 1.18. The van der Waals surface area contributed by atoms with Crippen LogP contribution in [0.4, 0.5) is 0 Å². The van der Waals surface area contributed by atoms with Gasteiger partial charge in [-0.15, -0.1) is 0 Å². The fraction of sp³-hybridized carbons (Fsp3) is 0.429. The van der Waals surface area contributed by atoms with Crippen LogP contribution < -0.4 is 4.74 Å². The third-order valence-corrected chi connectivity index (χ3v) is 6.59. The quantitative estimate of drug-likeness (QED) is 0.472. The summed E-state index contributed by atoms with van der Waals surface area (Å²) in [5.74, 6) is 2.49. The molecule has 5 nitrogen and oxygen atoms in total. The first-order valence-corrected chi connectivity index (χ1v) is 12.0. The third-order valence-electron chi connectivity index (χ3n) is 6.59. The van der Waals surface area contributed by atoms with E-state index in [0.717, 1.165) is 49.1 Å². The number of likely N-dealkylation sites (tertiary alicyclic amines) is 1. The molecule has 0 saturated carbocycles. The molecule has 0 atom stereocenters. The van der Waals surface area contributed by atoms with Gasteiger partial charge in [0.2, 0.25) is 0 Å². The predicted octanol–water partition coefficient (Wildman–Crippen LogP) is 4.85. The van der Waals surface area contributed by atoms with Crippen LogP contribution in [0.3, 0.4) is 0 Å². The smallest absolute Gasteiger partial charge is 0.159 e. The van der Waals surface area contributed by atoms with Crippen molar-refractivity contribution >= 4 is 0 Å². The van der Waals surface area contributed by atoms with Crippen molar-refractivity contribution < 1.29 is 4.74 Å². The maximum atomic E-state index is 5.25. The van der Waals surface area contributed by atoms with Crippen LogP contribution in [0.2, 0.25) is 0 Å². The Morgan fingerprint density at radius 2 is 1.73 bits per heavy atom. The van der Waals surface area contributed by atoms with E-state index in [1.807, 2.05) is 12.4 Å². The highest BCUT2D eigenvalue weighted by molar-refractivity contribution is 5.55. The van der Waals surface area contributed by atoms with Crippen molar-refractivity contribution in [1.82, 2.24) is 19.8 Å². The largest absolute Gasteiger partial charge is 0.497 e. The first-order chi connectivity index (χ1) is 16.1. The maximum Gasteiger partial charge on any atom is 0.159 e. The summed E-state index contributed by atoms with van der Waals surface area (Å²) in [6.45, 7) is 7.65. The minimum absolute atomic E-state index is 0.764. The van der Waals surface area contributed by atoms with Crippen LogP contribution in [0.5, 0.6) is 5.75 Å². The summed E-state index contributed by atoms with van der Waals surface area (Å²) in [4.78, 5) is 14.2. The number of piperidine rings is 1. The van der Waals surface area contributed by atoms with E-state index >= 15 is 0 Å². The molecule has 1 saturated heterocycles. The van der Waals surface area contributed by atoms with Crippen molar-refractivity contribution in [2.24, 2.45) is 5.92 Å². The Labute approximate surface area is 198 Å². The molecule has 174 valence electrons. The standard InChI is InChI=1S/C28H36N4O/c1-22-5-4-6-26(17-22)28-29-18-25(19-30-28)21-31(2)20-24-12-15-32(16-13-24)14-11-23-7-9-27(33-3)10-8-23/h4-10,17-19,24H,11-16,20-21H2,1-3H3. The normalized spacial score (nSPS) is 15.2. The number of hydrogen-bond donors (Lipinski definition) is 0. The molecular weight excluding hydrogens is 408 g/mol. The summed E-state index contributed by atoms with van der Waals surface area (Å²) in [6.07, 6.45) is 7.60. The second-order valence-electron chi connectivity index (χ2n) is 9.36. The summed E-state index contributed by atoms with van der Waals surface area (Å²) >= 11 is 0. The number of aromatic nitrogens is 2. The Kier molecular flexibility index (Phi) is 8.08. The molecule has 33 heavy (non-hydrogen) atoms. The zero-order valence-electron chi connectivity index (χ0n) is 20.2. The van der Waals surface area contributed by atoms with Gasteiger partial charge in [-0.1, -0.05) is 35.9 Å². The fourth-order valence-electron chi connectivity index (χ4n) is 4.66. The SMILES string of the molecule is COc1ccc(CCN2CCC(CN(C)Cc3cnc(-c4cccc(C)c4)nc3)CC2)cc1. The number of nitrogens with zero attached hydrogens (tertiary/aromatic N) is 4. The Hall–Kier alpha value is -2.76. The molecule has 1 fully saturated rings. The van der Waals surface area contributed by atoms with Crippen molar-refractivity contribution in [2.75, 3.05) is 40.3 Å². The molecule has 0 aliphatic carbocycles. The molecule has 0 bridgehead atoms. The molecule has 0 radical (unpaired) electrons. The molecule has 4 rings (SSSR count).